The van der Waals surface area contributed by atoms with Crippen molar-refractivity contribution in [2.75, 3.05) is 0 Å². The number of fused-ring (bicyclic) bond motifs is 1. The molecule has 23 heavy (non-hydrogen) atoms. The van der Waals surface area contributed by atoms with Crippen molar-refractivity contribution in [3.05, 3.63) is 54.1 Å². The monoisotopic (exact) mass is 330 g/mol. The van der Waals surface area contributed by atoms with E-state index in [0.29, 0.717) is 12.1 Å². The topological polar surface area (TPSA) is 92.4 Å². The number of hydrogen-bond donors (Lipinski definition) is 2. The Morgan fingerprint density at radius 2 is 1.83 bits per heavy atom. The number of carboxylic acids is 1. The molecule has 1 heterocycles. The number of imidazole rings is 1. The Labute approximate surface area is 132 Å². The highest BCUT2D eigenvalue weighted by Crippen LogP contribution is 2.38. The molecule has 0 saturated carbocycles. The predicted octanol–water partition coefficient (Wildman–Crippen LogP) is 1.98. The van der Waals surface area contributed by atoms with E-state index in [1.807, 2.05) is 25.1 Å². The first-order chi connectivity index (χ1) is 10.9. The zero-order valence-electron chi connectivity index (χ0n) is 12.4. The van der Waals surface area contributed by atoms with Crippen LogP contribution in [0.2, 0.25) is 0 Å². The Morgan fingerprint density at radius 3 is 2.43 bits per heavy atom. The minimum absolute atomic E-state index is 0.0674. The van der Waals surface area contributed by atoms with Crippen molar-refractivity contribution in [2.24, 2.45) is 0 Å². The third-order valence-electron chi connectivity index (χ3n) is 3.69. The van der Waals surface area contributed by atoms with E-state index in [1.54, 1.807) is 10.6 Å². The fourth-order valence-electron chi connectivity index (χ4n) is 2.53. The summed E-state index contributed by atoms with van der Waals surface area (Å²) in [5.74, 6) is -1.08. The summed E-state index contributed by atoms with van der Waals surface area (Å²) >= 11 is 0. The number of hydrogen-bond acceptors (Lipinski definition) is 3. The fourth-order valence-corrected chi connectivity index (χ4v) is 4.13. The van der Waals surface area contributed by atoms with Gasteiger partial charge in [0.05, 0.1) is 16.6 Å². The molecular formula is C16H15N2O4P. The van der Waals surface area contributed by atoms with Gasteiger partial charge in [0.25, 0.3) is 7.37 Å². The molecule has 0 fully saturated rings. The van der Waals surface area contributed by atoms with Gasteiger partial charge in [-0.1, -0.05) is 12.1 Å². The molecule has 1 atom stereocenters. The molecule has 3 rings (SSSR count). The SMILES string of the molecule is CCn1c(P(=O)(O)c2ccc(C(=O)O)cc2)nc2ccccc21. The van der Waals surface area contributed by atoms with Crippen LogP contribution in [0.4, 0.5) is 0 Å². The lowest BCUT2D eigenvalue weighted by Crippen LogP contribution is -2.25. The first-order valence-electron chi connectivity index (χ1n) is 7.07. The second kappa shape index (κ2) is 5.65. The third kappa shape index (κ3) is 2.56. The first kappa shape index (κ1) is 15.5. The maximum absolute atomic E-state index is 13.0. The Bertz CT molecular complexity index is 931. The number of benzene rings is 2. The summed E-state index contributed by atoms with van der Waals surface area (Å²) in [5, 5.41) is 9.08. The van der Waals surface area contributed by atoms with Gasteiger partial charge in [0.15, 0.2) is 0 Å². The minimum atomic E-state index is -3.92. The molecule has 1 unspecified atom stereocenters. The van der Waals surface area contributed by atoms with Crippen LogP contribution < -0.4 is 10.9 Å². The van der Waals surface area contributed by atoms with Gasteiger partial charge in [-0.05, 0) is 43.3 Å². The maximum atomic E-state index is 13.0. The molecule has 0 amide bonds. The molecule has 2 N–H and O–H groups in total. The van der Waals surface area contributed by atoms with Crippen molar-refractivity contribution in [2.45, 2.75) is 13.5 Å². The summed E-state index contributed by atoms with van der Waals surface area (Å²) in [6.45, 7) is 2.39. The summed E-state index contributed by atoms with van der Waals surface area (Å²) in [4.78, 5) is 25.8. The summed E-state index contributed by atoms with van der Waals surface area (Å²) in [6, 6.07) is 12.7. The largest absolute Gasteiger partial charge is 0.478 e. The van der Waals surface area contributed by atoms with E-state index < -0.39 is 13.3 Å². The zero-order chi connectivity index (χ0) is 16.6. The number of aryl methyl sites for hydroxylation is 1. The highest BCUT2D eigenvalue weighted by Gasteiger charge is 2.31. The van der Waals surface area contributed by atoms with Crippen molar-refractivity contribution in [1.82, 2.24) is 9.55 Å². The number of aromatic carboxylic acids is 1. The normalized spacial score (nSPS) is 13.8. The quantitative estimate of drug-likeness (QED) is 0.714. The molecule has 1 aromatic heterocycles. The van der Waals surface area contributed by atoms with Crippen LogP contribution in [0.1, 0.15) is 17.3 Å². The average Bonchev–Trinajstić information content (AvgIpc) is 2.94. The fraction of sp³-hybridized carbons (Fsp3) is 0.125. The van der Waals surface area contributed by atoms with Gasteiger partial charge in [-0.3, -0.25) is 4.57 Å². The first-order valence-corrected chi connectivity index (χ1v) is 8.73. The average molecular weight is 330 g/mol. The second-order valence-corrected chi connectivity index (χ2v) is 7.14. The highest BCUT2D eigenvalue weighted by atomic mass is 31.2. The Morgan fingerprint density at radius 1 is 1.17 bits per heavy atom. The lowest BCUT2D eigenvalue weighted by molar-refractivity contribution is 0.0697. The standard InChI is InChI=1S/C16H15N2O4P/c1-2-18-14-6-4-3-5-13(14)17-16(18)23(21,22)12-9-7-11(8-10-12)15(19)20/h3-10H,2H2,1H3,(H,19,20)(H,21,22). The number of aromatic nitrogens is 2. The lowest BCUT2D eigenvalue weighted by Gasteiger charge is -2.13. The van der Waals surface area contributed by atoms with Crippen LogP contribution in [-0.4, -0.2) is 25.5 Å². The molecule has 118 valence electrons. The minimum Gasteiger partial charge on any atom is -0.478 e. The van der Waals surface area contributed by atoms with Crippen LogP contribution in [0.15, 0.2) is 48.5 Å². The van der Waals surface area contributed by atoms with Gasteiger partial charge < -0.3 is 14.6 Å². The maximum Gasteiger partial charge on any atom is 0.335 e. The molecular weight excluding hydrogens is 315 g/mol. The number of rotatable bonds is 4. The van der Waals surface area contributed by atoms with E-state index in [4.69, 9.17) is 5.11 Å². The van der Waals surface area contributed by atoms with Crippen molar-refractivity contribution >= 4 is 35.2 Å². The van der Waals surface area contributed by atoms with Crippen molar-refractivity contribution < 1.29 is 19.4 Å². The molecule has 7 heteroatoms. The Kier molecular flexibility index (Phi) is 3.80. The van der Waals surface area contributed by atoms with Crippen LogP contribution in [0.3, 0.4) is 0 Å². The number of carbonyl (C=O) groups is 1. The molecule has 0 radical (unpaired) electrons. The van der Waals surface area contributed by atoms with Crippen LogP contribution in [0.5, 0.6) is 0 Å². The van der Waals surface area contributed by atoms with Gasteiger partial charge in [0.2, 0.25) is 5.57 Å². The van der Waals surface area contributed by atoms with Crippen LogP contribution in [-0.2, 0) is 11.1 Å². The van der Waals surface area contributed by atoms with E-state index in [1.165, 1.54) is 24.3 Å². The summed E-state index contributed by atoms with van der Waals surface area (Å²) < 4.78 is 14.7. The van der Waals surface area contributed by atoms with E-state index in [9.17, 15) is 14.3 Å². The summed E-state index contributed by atoms with van der Waals surface area (Å²) in [5.41, 5.74) is 1.62. The molecule has 0 aliphatic heterocycles. The third-order valence-corrected chi connectivity index (χ3v) is 5.57. The van der Waals surface area contributed by atoms with Gasteiger partial charge in [0.1, 0.15) is 0 Å². The van der Waals surface area contributed by atoms with Crippen LogP contribution >= 0.6 is 7.37 Å². The predicted molar refractivity (Wildman–Crippen MR) is 87.9 cm³/mol. The molecule has 6 nitrogen and oxygen atoms in total. The molecule has 0 bridgehead atoms. The lowest BCUT2D eigenvalue weighted by atomic mass is 10.2. The number of nitrogens with zero attached hydrogens (tertiary/aromatic N) is 2. The van der Waals surface area contributed by atoms with Crippen LogP contribution in [0.25, 0.3) is 11.0 Å². The molecule has 0 aliphatic rings. The number of carboxylic acid groups (broad SMARTS) is 1. The number of para-hydroxylation sites is 2. The molecule has 2 aromatic carbocycles. The van der Waals surface area contributed by atoms with Crippen molar-refractivity contribution in [3.8, 4) is 0 Å². The van der Waals surface area contributed by atoms with E-state index in [2.05, 4.69) is 4.98 Å². The van der Waals surface area contributed by atoms with Gasteiger partial charge >= 0.3 is 5.97 Å². The van der Waals surface area contributed by atoms with E-state index in [0.717, 1.165) is 5.52 Å². The highest BCUT2D eigenvalue weighted by molar-refractivity contribution is 7.73. The van der Waals surface area contributed by atoms with Crippen molar-refractivity contribution in [3.63, 3.8) is 0 Å². The van der Waals surface area contributed by atoms with E-state index >= 15 is 0 Å². The van der Waals surface area contributed by atoms with Gasteiger partial charge in [-0.15, -0.1) is 0 Å². The van der Waals surface area contributed by atoms with Gasteiger partial charge in [-0.2, -0.15) is 0 Å². The Balaban J connectivity index is 2.16. The molecule has 0 aliphatic carbocycles. The van der Waals surface area contributed by atoms with Crippen molar-refractivity contribution in [1.29, 1.82) is 0 Å². The smallest absolute Gasteiger partial charge is 0.335 e. The summed E-state index contributed by atoms with van der Waals surface area (Å²) in [7, 11) is -3.92. The molecule has 0 saturated heterocycles. The Hall–Kier alpha value is -2.43. The van der Waals surface area contributed by atoms with Gasteiger partial charge in [0, 0.05) is 11.8 Å². The molecule has 0 spiro atoms. The van der Waals surface area contributed by atoms with E-state index in [-0.39, 0.29) is 16.4 Å². The molecule has 3 aromatic rings. The van der Waals surface area contributed by atoms with Gasteiger partial charge in [-0.25, -0.2) is 9.78 Å². The zero-order valence-corrected chi connectivity index (χ0v) is 13.3. The second-order valence-electron chi connectivity index (χ2n) is 5.07. The summed E-state index contributed by atoms with van der Waals surface area (Å²) in [6.07, 6.45) is 0. The van der Waals surface area contributed by atoms with Crippen LogP contribution in [0, 0.1) is 0 Å².